The molecule has 4 heteroatoms. The van der Waals surface area contributed by atoms with Crippen molar-refractivity contribution < 1.29 is 0 Å². The van der Waals surface area contributed by atoms with E-state index >= 15 is 0 Å². The van der Waals surface area contributed by atoms with E-state index in [0.717, 1.165) is 24.6 Å². The van der Waals surface area contributed by atoms with Crippen LogP contribution in [0.25, 0.3) is 0 Å². The predicted molar refractivity (Wildman–Crippen MR) is 63.4 cm³/mol. The average Bonchev–Trinajstić information content (AvgIpc) is 2.29. The summed E-state index contributed by atoms with van der Waals surface area (Å²) < 4.78 is 0. The fraction of sp³-hybridized carbons (Fsp3) is 0.750. The van der Waals surface area contributed by atoms with E-state index in [4.69, 9.17) is 0 Å². The Bertz CT molecular complexity index is 350. The SMILES string of the molecule is CC(C)(C)c1cnnc(C2CCCNC2)n1. The highest BCUT2D eigenvalue weighted by atomic mass is 15.2. The minimum Gasteiger partial charge on any atom is -0.316 e. The first-order valence-electron chi connectivity index (χ1n) is 5.98. The summed E-state index contributed by atoms with van der Waals surface area (Å²) in [4.78, 5) is 4.65. The molecule has 1 saturated heterocycles. The Labute approximate surface area is 96.9 Å². The van der Waals surface area contributed by atoms with E-state index in [0.29, 0.717) is 5.92 Å². The van der Waals surface area contributed by atoms with Gasteiger partial charge in [0.05, 0.1) is 11.9 Å². The molecule has 1 fully saturated rings. The largest absolute Gasteiger partial charge is 0.316 e. The molecule has 0 radical (unpaired) electrons. The van der Waals surface area contributed by atoms with Crippen molar-refractivity contribution in [1.82, 2.24) is 20.5 Å². The molecule has 0 saturated carbocycles. The molecule has 0 spiro atoms. The molecule has 2 rings (SSSR count). The van der Waals surface area contributed by atoms with Gasteiger partial charge in [-0.1, -0.05) is 20.8 Å². The third-order valence-corrected chi connectivity index (χ3v) is 3.01. The molecule has 1 atom stereocenters. The van der Waals surface area contributed by atoms with Crippen LogP contribution in [0.4, 0.5) is 0 Å². The molecule has 1 N–H and O–H groups in total. The Kier molecular flexibility index (Phi) is 3.19. The van der Waals surface area contributed by atoms with Crippen LogP contribution in [-0.4, -0.2) is 28.3 Å². The van der Waals surface area contributed by atoms with E-state index in [-0.39, 0.29) is 5.41 Å². The number of hydrogen-bond acceptors (Lipinski definition) is 4. The number of aromatic nitrogens is 3. The number of nitrogens with zero attached hydrogens (tertiary/aromatic N) is 3. The normalized spacial score (nSPS) is 22.1. The molecule has 4 nitrogen and oxygen atoms in total. The average molecular weight is 220 g/mol. The van der Waals surface area contributed by atoms with Gasteiger partial charge in [-0.2, -0.15) is 5.10 Å². The van der Waals surface area contributed by atoms with E-state index in [2.05, 4.69) is 41.3 Å². The lowest BCUT2D eigenvalue weighted by Gasteiger charge is -2.23. The zero-order valence-electron chi connectivity index (χ0n) is 10.3. The first-order valence-corrected chi connectivity index (χ1v) is 5.98. The summed E-state index contributed by atoms with van der Waals surface area (Å²) >= 11 is 0. The Morgan fingerprint density at radius 3 is 2.81 bits per heavy atom. The maximum Gasteiger partial charge on any atom is 0.155 e. The summed E-state index contributed by atoms with van der Waals surface area (Å²) in [5, 5.41) is 11.6. The standard InChI is InChI=1S/C12H20N4/c1-12(2,3)10-8-14-16-11(15-10)9-5-4-6-13-7-9/h8-9,13H,4-7H2,1-3H3. The molecule has 88 valence electrons. The summed E-state index contributed by atoms with van der Waals surface area (Å²) in [6.45, 7) is 8.55. The lowest BCUT2D eigenvalue weighted by molar-refractivity contribution is 0.436. The molecule has 2 heterocycles. The monoisotopic (exact) mass is 220 g/mol. The highest BCUT2D eigenvalue weighted by molar-refractivity contribution is 5.10. The van der Waals surface area contributed by atoms with Gasteiger partial charge in [0.25, 0.3) is 0 Å². The Balaban J connectivity index is 2.21. The molecule has 1 aromatic rings. The van der Waals surface area contributed by atoms with Gasteiger partial charge in [-0.25, -0.2) is 4.98 Å². The van der Waals surface area contributed by atoms with Crippen molar-refractivity contribution in [2.75, 3.05) is 13.1 Å². The van der Waals surface area contributed by atoms with Gasteiger partial charge in [0.1, 0.15) is 0 Å². The topological polar surface area (TPSA) is 50.7 Å². The molecule has 0 aliphatic carbocycles. The highest BCUT2D eigenvalue weighted by Gasteiger charge is 2.22. The van der Waals surface area contributed by atoms with Crippen molar-refractivity contribution in [3.05, 3.63) is 17.7 Å². The lowest BCUT2D eigenvalue weighted by atomic mass is 9.92. The van der Waals surface area contributed by atoms with Gasteiger partial charge < -0.3 is 5.32 Å². The van der Waals surface area contributed by atoms with Gasteiger partial charge in [-0.05, 0) is 19.4 Å². The smallest absolute Gasteiger partial charge is 0.155 e. The van der Waals surface area contributed by atoms with Crippen LogP contribution in [0.3, 0.4) is 0 Å². The molecular weight excluding hydrogens is 200 g/mol. The molecular formula is C12H20N4. The van der Waals surface area contributed by atoms with E-state index in [1.807, 2.05) is 0 Å². The van der Waals surface area contributed by atoms with E-state index < -0.39 is 0 Å². The van der Waals surface area contributed by atoms with Crippen LogP contribution in [0.5, 0.6) is 0 Å². The second kappa shape index (κ2) is 4.45. The highest BCUT2D eigenvalue weighted by Crippen LogP contribution is 2.23. The fourth-order valence-corrected chi connectivity index (χ4v) is 1.92. The van der Waals surface area contributed by atoms with Crippen LogP contribution in [0.2, 0.25) is 0 Å². The van der Waals surface area contributed by atoms with Crippen LogP contribution >= 0.6 is 0 Å². The van der Waals surface area contributed by atoms with Crippen molar-refractivity contribution in [3.63, 3.8) is 0 Å². The molecule has 1 unspecified atom stereocenters. The van der Waals surface area contributed by atoms with Crippen molar-refractivity contribution in [1.29, 1.82) is 0 Å². The van der Waals surface area contributed by atoms with Crippen LogP contribution in [0.15, 0.2) is 6.20 Å². The van der Waals surface area contributed by atoms with Crippen molar-refractivity contribution >= 4 is 0 Å². The van der Waals surface area contributed by atoms with Crippen molar-refractivity contribution in [2.24, 2.45) is 0 Å². The molecule has 0 aromatic carbocycles. The maximum atomic E-state index is 4.65. The van der Waals surface area contributed by atoms with Gasteiger partial charge in [0.15, 0.2) is 5.82 Å². The number of hydrogen-bond donors (Lipinski definition) is 1. The minimum atomic E-state index is 0.0484. The summed E-state index contributed by atoms with van der Waals surface area (Å²) in [5.41, 5.74) is 1.08. The molecule has 1 aliphatic rings. The summed E-state index contributed by atoms with van der Waals surface area (Å²) in [6.07, 6.45) is 4.15. The molecule has 0 amide bonds. The molecule has 16 heavy (non-hydrogen) atoms. The van der Waals surface area contributed by atoms with Crippen molar-refractivity contribution in [2.45, 2.75) is 44.9 Å². The molecule has 1 aromatic heterocycles. The minimum absolute atomic E-state index is 0.0484. The summed E-state index contributed by atoms with van der Waals surface area (Å²) in [6, 6.07) is 0. The zero-order chi connectivity index (χ0) is 11.6. The fourth-order valence-electron chi connectivity index (χ4n) is 1.92. The number of piperidine rings is 1. The maximum absolute atomic E-state index is 4.65. The number of rotatable bonds is 1. The van der Waals surface area contributed by atoms with Crippen molar-refractivity contribution in [3.8, 4) is 0 Å². The lowest BCUT2D eigenvalue weighted by Crippen LogP contribution is -2.30. The van der Waals surface area contributed by atoms with Crippen LogP contribution < -0.4 is 5.32 Å². The Hall–Kier alpha value is -1.03. The number of nitrogens with one attached hydrogen (secondary N) is 1. The first-order chi connectivity index (χ1) is 7.57. The predicted octanol–water partition coefficient (Wildman–Crippen LogP) is 1.64. The van der Waals surface area contributed by atoms with E-state index in [1.165, 1.54) is 12.8 Å². The third kappa shape index (κ3) is 2.55. The molecule has 0 bridgehead atoms. The summed E-state index contributed by atoms with van der Waals surface area (Å²) in [7, 11) is 0. The van der Waals surface area contributed by atoms with Gasteiger partial charge in [0, 0.05) is 17.9 Å². The molecule has 1 aliphatic heterocycles. The zero-order valence-corrected chi connectivity index (χ0v) is 10.3. The van der Waals surface area contributed by atoms with Crippen LogP contribution in [0.1, 0.15) is 51.0 Å². The van der Waals surface area contributed by atoms with Crippen LogP contribution in [0, 0.1) is 0 Å². The van der Waals surface area contributed by atoms with Crippen LogP contribution in [-0.2, 0) is 5.41 Å². The Morgan fingerprint density at radius 2 is 2.19 bits per heavy atom. The summed E-state index contributed by atoms with van der Waals surface area (Å²) in [5.74, 6) is 1.34. The van der Waals surface area contributed by atoms with Gasteiger partial charge in [-0.3, -0.25) is 0 Å². The van der Waals surface area contributed by atoms with Gasteiger partial charge in [-0.15, -0.1) is 5.10 Å². The second-order valence-electron chi connectivity index (χ2n) is 5.49. The Morgan fingerprint density at radius 1 is 1.38 bits per heavy atom. The second-order valence-corrected chi connectivity index (χ2v) is 5.49. The van der Waals surface area contributed by atoms with E-state index in [1.54, 1.807) is 6.20 Å². The van der Waals surface area contributed by atoms with Gasteiger partial charge >= 0.3 is 0 Å². The van der Waals surface area contributed by atoms with Gasteiger partial charge in [0.2, 0.25) is 0 Å². The quantitative estimate of drug-likeness (QED) is 0.781. The third-order valence-electron chi connectivity index (χ3n) is 3.01. The first kappa shape index (κ1) is 11.5. The van der Waals surface area contributed by atoms with E-state index in [9.17, 15) is 0 Å².